The van der Waals surface area contributed by atoms with Crippen molar-refractivity contribution in [3.63, 3.8) is 0 Å². The van der Waals surface area contributed by atoms with Crippen molar-refractivity contribution in [2.75, 3.05) is 5.32 Å². The van der Waals surface area contributed by atoms with Crippen molar-refractivity contribution in [2.24, 2.45) is 11.5 Å². The maximum atomic E-state index is 13.8. The molecule has 0 unspecified atom stereocenters. The number of carbonyl (C=O) groups excluding carboxylic acids is 4. The number of hydrogen-bond donors (Lipinski definition) is 4. The Labute approximate surface area is 292 Å². The quantitative estimate of drug-likeness (QED) is 0.208. The van der Waals surface area contributed by atoms with E-state index in [0.29, 0.717) is 84.2 Å². The molecule has 4 aromatic heterocycles. The molecule has 2 aromatic carbocycles. The van der Waals surface area contributed by atoms with Gasteiger partial charge in [-0.3, -0.25) is 34.3 Å². The first-order valence-corrected chi connectivity index (χ1v) is 17.1. The third-order valence-electron chi connectivity index (χ3n) is 9.49. The number of aromatic amines is 1. The number of nitrogens with one attached hydrogen (secondary N) is 2. The van der Waals surface area contributed by atoms with Gasteiger partial charge in [0.25, 0.3) is 5.91 Å². The fourth-order valence-electron chi connectivity index (χ4n) is 6.89. The SMILES string of the molecule is Cc1cc2n(n1)CCCCCc1c(C)n[nH]c1C(=O)Nc1nc3cc(C(N)=O)ccc3n1CCCCn1c(nc3cc(C(N)=O)ccc31)CC2=O. The number of ketones is 1. The Morgan fingerprint density at radius 2 is 1.43 bits per heavy atom. The van der Waals surface area contributed by atoms with Crippen LogP contribution < -0.4 is 16.8 Å². The molecule has 15 nitrogen and oxygen atoms in total. The number of primary amides is 2. The third kappa shape index (κ3) is 6.61. The number of H-pyrrole nitrogens is 1. The van der Waals surface area contributed by atoms with Gasteiger partial charge in [0.05, 0.1) is 39.9 Å². The van der Waals surface area contributed by atoms with E-state index in [2.05, 4.69) is 20.6 Å². The van der Waals surface area contributed by atoms with E-state index in [9.17, 15) is 19.2 Å². The molecule has 0 saturated heterocycles. The first-order valence-electron chi connectivity index (χ1n) is 17.1. The van der Waals surface area contributed by atoms with Crippen molar-refractivity contribution in [2.45, 2.75) is 78.4 Å². The monoisotopic (exact) mass is 689 g/mol. The van der Waals surface area contributed by atoms with Gasteiger partial charge in [0.2, 0.25) is 17.8 Å². The molecule has 7 rings (SSSR count). The summed E-state index contributed by atoms with van der Waals surface area (Å²) in [5.74, 6) is -0.662. The molecular weight excluding hydrogens is 650 g/mol. The number of anilines is 1. The van der Waals surface area contributed by atoms with E-state index >= 15 is 0 Å². The predicted octanol–water partition coefficient (Wildman–Crippen LogP) is 4.00. The van der Waals surface area contributed by atoms with E-state index in [1.165, 1.54) is 0 Å². The zero-order valence-electron chi connectivity index (χ0n) is 28.5. The summed E-state index contributed by atoms with van der Waals surface area (Å²) in [4.78, 5) is 61.0. The number of benzene rings is 2. The summed E-state index contributed by atoms with van der Waals surface area (Å²) in [6.07, 6.45) is 4.46. The number of nitrogens with zero attached hydrogens (tertiary/aromatic N) is 7. The lowest BCUT2D eigenvalue weighted by molar-refractivity contribution is 0.0974. The highest BCUT2D eigenvalue weighted by Gasteiger charge is 2.23. The number of Topliss-reactive ketones (excluding diaryl/α,β-unsaturated/α-hetero) is 1. The largest absolute Gasteiger partial charge is 0.366 e. The van der Waals surface area contributed by atoms with Crippen LogP contribution in [0.3, 0.4) is 0 Å². The summed E-state index contributed by atoms with van der Waals surface area (Å²) in [6, 6.07) is 12.0. The van der Waals surface area contributed by atoms with E-state index < -0.39 is 11.8 Å². The van der Waals surface area contributed by atoms with Crippen LogP contribution in [0.5, 0.6) is 0 Å². The molecule has 0 bridgehead atoms. The number of amides is 3. The van der Waals surface area contributed by atoms with Gasteiger partial charge in [0.15, 0.2) is 5.78 Å². The van der Waals surface area contributed by atoms with Crippen molar-refractivity contribution in [1.29, 1.82) is 0 Å². The Bertz CT molecular complexity index is 2280. The van der Waals surface area contributed by atoms with Crippen molar-refractivity contribution in [3.05, 3.63) is 87.8 Å². The number of rotatable bonds is 2. The van der Waals surface area contributed by atoms with E-state index in [1.54, 1.807) is 35.0 Å². The molecule has 15 heteroatoms. The van der Waals surface area contributed by atoms with Crippen LogP contribution in [0, 0.1) is 13.8 Å². The third-order valence-corrected chi connectivity index (χ3v) is 9.49. The Morgan fingerprint density at radius 3 is 2.14 bits per heavy atom. The maximum absolute atomic E-state index is 13.8. The molecule has 0 fully saturated rings. The number of aryl methyl sites for hydroxylation is 5. The van der Waals surface area contributed by atoms with E-state index in [0.717, 1.165) is 47.2 Å². The number of fused-ring (bicyclic) bond motifs is 8. The van der Waals surface area contributed by atoms with Crippen LogP contribution in [0.1, 0.15) is 96.6 Å². The second kappa shape index (κ2) is 13.7. The second-order valence-electron chi connectivity index (χ2n) is 13.0. The number of hydrogen-bond acceptors (Lipinski definition) is 8. The Morgan fingerprint density at radius 1 is 0.784 bits per heavy atom. The highest BCUT2D eigenvalue weighted by atomic mass is 16.2. The van der Waals surface area contributed by atoms with Gasteiger partial charge in [0.1, 0.15) is 17.2 Å². The second-order valence-corrected chi connectivity index (χ2v) is 13.0. The van der Waals surface area contributed by atoms with Crippen LogP contribution in [-0.2, 0) is 32.5 Å². The first kappa shape index (κ1) is 33.4. The summed E-state index contributed by atoms with van der Waals surface area (Å²) in [6.45, 7) is 5.34. The van der Waals surface area contributed by atoms with Crippen LogP contribution in [0.25, 0.3) is 22.1 Å². The number of carbonyl (C=O) groups is 4. The minimum atomic E-state index is -0.571. The molecule has 0 atom stereocenters. The molecular formula is C36H39N11O4. The molecule has 0 spiro atoms. The molecule has 0 saturated carbocycles. The Kier molecular flexibility index (Phi) is 8.93. The van der Waals surface area contributed by atoms with Crippen molar-refractivity contribution in [3.8, 4) is 0 Å². The van der Waals surface area contributed by atoms with Gasteiger partial charge in [-0.15, -0.1) is 0 Å². The molecule has 262 valence electrons. The normalized spacial score (nSPS) is 15.0. The van der Waals surface area contributed by atoms with E-state index in [-0.39, 0.29) is 18.1 Å². The summed E-state index contributed by atoms with van der Waals surface area (Å²) in [5, 5.41) is 14.9. The van der Waals surface area contributed by atoms with Gasteiger partial charge in [-0.1, -0.05) is 6.42 Å². The zero-order chi connectivity index (χ0) is 35.8. The maximum Gasteiger partial charge on any atom is 0.276 e. The highest BCUT2D eigenvalue weighted by molar-refractivity contribution is 6.04. The summed E-state index contributed by atoms with van der Waals surface area (Å²) < 4.78 is 5.71. The van der Waals surface area contributed by atoms with Crippen LogP contribution >= 0.6 is 0 Å². The topological polar surface area (TPSA) is 214 Å². The van der Waals surface area contributed by atoms with E-state index in [4.69, 9.17) is 21.4 Å². The van der Waals surface area contributed by atoms with Gasteiger partial charge in [0, 0.05) is 36.3 Å². The van der Waals surface area contributed by atoms with Crippen LogP contribution in [0.15, 0.2) is 42.5 Å². The molecule has 51 heavy (non-hydrogen) atoms. The average Bonchev–Trinajstić information content (AvgIpc) is 3.84. The first-order chi connectivity index (χ1) is 24.6. The van der Waals surface area contributed by atoms with Crippen LogP contribution in [0.2, 0.25) is 0 Å². The lowest BCUT2D eigenvalue weighted by Crippen LogP contribution is -2.18. The number of nitrogens with two attached hydrogens (primary N) is 2. The standard InChI is InChI=1S/C36H39N11O4/c1-20-16-29-30(48)19-31-39-25-17-22(33(37)49)9-11-27(25)45(31)13-6-7-14-46-28-12-10-23(34(38)50)18-26(28)40-36(46)41-35(51)32-24(21(2)42-43-32)8-4-3-5-15-47(29)44-20/h9-12,16-18H,3-8,13-15,19H2,1-2H3,(H2,37,49)(H2,38,50)(H,42,43)(H,40,41,51). The molecule has 5 heterocycles. The van der Waals surface area contributed by atoms with Gasteiger partial charge in [-0.05, 0) is 88.4 Å². The van der Waals surface area contributed by atoms with Crippen LogP contribution in [-0.4, -0.2) is 62.6 Å². The minimum Gasteiger partial charge on any atom is -0.366 e. The molecule has 0 aliphatic carbocycles. The minimum absolute atomic E-state index is 0.0544. The van der Waals surface area contributed by atoms with Gasteiger partial charge in [-0.2, -0.15) is 10.2 Å². The molecule has 1 aliphatic heterocycles. The van der Waals surface area contributed by atoms with Crippen molar-refractivity contribution < 1.29 is 19.2 Å². The molecule has 6 N–H and O–H groups in total. The number of aromatic nitrogens is 8. The van der Waals surface area contributed by atoms with Gasteiger partial charge in [-0.25, -0.2) is 9.97 Å². The smallest absolute Gasteiger partial charge is 0.276 e. The van der Waals surface area contributed by atoms with Gasteiger partial charge < -0.3 is 20.6 Å². The van der Waals surface area contributed by atoms with Crippen molar-refractivity contribution >= 4 is 51.5 Å². The van der Waals surface area contributed by atoms with Crippen LogP contribution in [0.4, 0.5) is 5.95 Å². The molecule has 1 aliphatic rings. The fourth-order valence-corrected chi connectivity index (χ4v) is 6.89. The van der Waals surface area contributed by atoms with E-state index in [1.807, 2.05) is 35.1 Å². The molecule has 3 amide bonds. The molecule has 6 aromatic rings. The highest BCUT2D eigenvalue weighted by Crippen LogP contribution is 2.25. The van der Waals surface area contributed by atoms with Gasteiger partial charge >= 0.3 is 0 Å². The average molecular weight is 690 g/mol. The zero-order valence-corrected chi connectivity index (χ0v) is 28.5. The Balaban J connectivity index is 1.26. The lowest BCUT2D eigenvalue weighted by atomic mass is 10.0. The lowest BCUT2D eigenvalue weighted by Gasteiger charge is -2.12. The molecule has 0 radical (unpaired) electrons. The summed E-state index contributed by atoms with van der Waals surface area (Å²) >= 11 is 0. The number of imidazole rings is 2. The predicted molar refractivity (Wildman–Crippen MR) is 190 cm³/mol. The summed E-state index contributed by atoms with van der Waals surface area (Å²) in [7, 11) is 0. The summed E-state index contributed by atoms with van der Waals surface area (Å²) in [5.41, 5.74) is 17.7. The Hall–Kier alpha value is -6.12. The van der Waals surface area contributed by atoms with Crippen molar-refractivity contribution in [1.82, 2.24) is 39.1 Å². The fraction of sp³-hybridized carbons (Fsp3) is 0.333.